The Morgan fingerprint density at radius 2 is 1.95 bits per heavy atom. The van der Waals surface area contributed by atoms with E-state index in [1.54, 1.807) is 26.8 Å². The molecule has 0 heterocycles. The number of nitrogens with one attached hydrogen (secondary N) is 2. The first-order chi connectivity index (χ1) is 9.58. The van der Waals surface area contributed by atoms with Crippen LogP contribution in [0.3, 0.4) is 0 Å². The molecule has 0 aromatic heterocycles. The van der Waals surface area contributed by atoms with Crippen LogP contribution in [0.5, 0.6) is 0 Å². The fourth-order valence-electron chi connectivity index (χ4n) is 1.37. The van der Waals surface area contributed by atoms with Crippen molar-refractivity contribution in [1.29, 1.82) is 0 Å². The van der Waals surface area contributed by atoms with Crippen LogP contribution in [0.15, 0.2) is 22.7 Å². The van der Waals surface area contributed by atoms with Crippen molar-refractivity contribution in [3.63, 3.8) is 0 Å². The van der Waals surface area contributed by atoms with Crippen LogP contribution in [-0.2, 0) is 9.53 Å². The van der Waals surface area contributed by atoms with Gasteiger partial charge in [0, 0.05) is 5.69 Å². The Labute approximate surface area is 131 Å². The van der Waals surface area contributed by atoms with E-state index in [0.717, 1.165) is 0 Å². The predicted octanol–water partition coefficient (Wildman–Crippen LogP) is 3.44. The number of hydrogen-bond acceptors (Lipinski definition) is 3. The second-order valence-corrected chi connectivity index (χ2v) is 6.34. The van der Waals surface area contributed by atoms with Crippen molar-refractivity contribution in [1.82, 2.24) is 5.32 Å². The van der Waals surface area contributed by atoms with Gasteiger partial charge in [0.2, 0.25) is 5.91 Å². The van der Waals surface area contributed by atoms with Gasteiger partial charge in [0.25, 0.3) is 0 Å². The molecule has 1 atom stereocenters. The maximum Gasteiger partial charge on any atom is 0.408 e. The monoisotopic (exact) mass is 360 g/mol. The van der Waals surface area contributed by atoms with Crippen molar-refractivity contribution in [2.45, 2.75) is 39.3 Å². The van der Waals surface area contributed by atoms with Crippen molar-refractivity contribution < 1.29 is 18.7 Å². The van der Waals surface area contributed by atoms with Crippen molar-refractivity contribution in [3.8, 4) is 0 Å². The van der Waals surface area contributed by atoms with E-state index in [4.69, 9.17) is 4.74 Å². The van der Waals surface area contributed by atoms with Crippen molar-refractivity contribution in [2.75, 3.05) is 5.32 Å². The third kappa shape index (κ3) is 6.12. The molecule has 1 aromatic carbocycles. The van der Waals surface area contributed by atoms with Gasteiger partial charge in [-0.1, -0.05) is 0 Å². The molecule has 2 N–H and O–H groups in total. The van der Waals surface area contributed by atoms with Crippen LogP contribution in [0.25, 0.3) is 0 Å². The third-order valence-corrected chi connectivity index (χ3v) is 2.96. The summed E-state index contributed by atoms with van der Waals surface area (Å²) in [5, 5.41) is 4.91. The lowest BCUT2D eigenvalue weighted by Gasteiger charge is -2.21. The van der Waals surface area contributed by atoms with Crippen LogP contribution >= 0.6 is 15.9 Å². The number of benzene rings is 1. The lowest BCUT2D eigenvalue weighted by Crippen LogP contribution is -2.43. The summed E-state index contributed by atoms with van der Waals surface area (Å²) in [5.41, 5.74) is -0.340. The van der Waals surface area contributed by atoms with E-state index >= 15 is 0 Å². The van der Waals surface area contributed by atoms with E-state index in [9.17, 15) is 14.0 Å². The number of halogens is 2. The zero-order chi connectivity index (χ0) is 16.2. The summed E-state index contributed by atoms with van der Waals surface area (Å²) < 4.78 is 18.7. The Balaban J connectivity index is 2.58. The van der Waals surface area contributed by atoms with E-state index in [0.29, 0.717) is 10.2 Å². The Hall–Kier alpha value is -1.63. The standard InChI is InChI=1S/C14H18BrFN2O3/c1-8(17-13(20)21-14(2,3)4)12(19)18-9-5-6-10(15)11(16)7-9/h5-8H,1-4H3,(H,17,20)(H,18,19). The molecule has 0 spiro atoms. The Morgan fingerprint density at radius 3 is 2.48 bits per heavy atom. The van der Waals surface area contributed by atoms with Crippen LogP contribution in [0.2, 0.25) is 0 Å². The van der Waals surface area contributed by atoms with Gasteiger partial charge in [-0.2, -0.15) is 0 Å². The molecule has 0 saturated heterocycles. The summed E-state index contributed by atoms with van der Waals surface area (Å²) in [6.07, 6.45) is -0.688. The van der Waals surface area contributed by atoms with E-state index < -0.39 is 29.5 Å². The zero-order valence-electron chi connectivity index (χ0n) is 12.3. The molecule has 1 aromatic rings. The maximum absolute atomic E-state index is 13.3. The van der Waals surface area contributed by atoms with E-state index in [1.807, 2.05) is 0 Å². The van der Waals surface area contributed by atoms with E-state index in [2.05, 4.69) is 26.6 Å². The normalized spacial score (nSPS) is 12.5. The molecule has 0 aliphatic heterocycles. The second kappa shape index (κ2) is 6.89. The maximum atomic E-state index is 13.3. The highest BCUT2D eigenvalue weighted by molar-refractivity contribution is 9.10. The fraction of sp³-hybridized carbons (Fsp3) is 0.429. The van der Waals surface area contributed by atoms with Crippen LogP contribution in [0, 0.1) is 5.82 Å². The molecule has 21 heavy (non-hydrogen) atoms. The van der Waals surface area contributed by atoms with E-state index in [1.165, 1.54) is 19.1 Å². The van der Waals surface area contributed by atoms with Gasteiger partial charge >= 0.3 is 6.09 Å². The number of anilines is 1. The number of alkyl carbamates (subject to hydrolysis) is 1. The first-order valence-electron chi connectivity index (χ1n) is 6.34. The molecule has 0 bridgehead atoms. The summed E-state index contributed by atoms with van der Waals surface area (Å²) in [6.45, 7) is 6.68. The summed E-state index contributed by atoms with van der Waals surface area (Å²) in [6, 6.07) is 3.40. The Morgan fingerprint density at radius 1 is 1.33 bits per heavy atom. The molecular weight excluding hydrogens is 343 g/mol. The number of carbonyl (C=O) groups is 2. The predicted molar refractivity (Wildman–Crippen MR) is 81.6 cm³/mol. The number of carbonyl (C=O) groups excluding carboxylic acids is 2. The van der Waals surface area contributed by atoms with Crippen molar-refractivity contribution in [2.24, 2.45) is 0 Å². The van der Waals surface area contributed by atoms with Gasteiger partial charge in [-0.15, -0.1) is 0 Å². The van der Waals surface area contributed by atoms with Crippen LogP contribution < -0.4 is 10.6 Å². The Bertz CT molecular complexity index is 544. The van der Waals surface area contributed by atoms with E-state index in [-0.39, 0.29) is 0 Å². The second-order valence-electron chi connectivity index (χ2n) is 5.49. The van der Waals surface area contributed by atoms with Gasteiger partial charge in [0.1, 0.15) is 17.5 Å². The van der Waals surface area contributed by atoms with Gasteiger partial charge in [0.15, 0.2) is 0 Å². The minimum atomic E-state index is -0.813. The smallest absolute Gasteiger partial charge is 0.408 e. The number of ether oxygens (including phenoxy) is 1. The quantitative estimate of drug-likeness (QED) is 0.867. The van der Waals surface area contributed by atoms with Gasteiger partial charge in [-0.25, -0.2) is 9.18 Å². The number of hydrogen-bond donors (Lipinski definition) is 2. The molecule has 5 nitrogen and oxygen atoms in total. The molecule has 0 aliphatic carbocycles. The lowest BCUT2D eigenvalue weighted by atomic mass is 10.2. The minimum absolute atomic E-state index is 0.304. The molecule has 1 rings (SSSR count). The Kier molecular flexibility index (Phi) is 5.71. The number of rotatable bonds is 3. The summed E-state index contributed by atoms with van der Waals surface area (Å²) >= 11 is 3.02. The average Bonchev–Trinajstić information content (AvgIpc) is 2.31. The van der Waals surface area contributed by atoms with Crippen LogP contribution in [-0.4, -0.2) is 23.6 Å². The first-order valence-corrected chi connectivity index (χ1v) is 7.13. The molecule has 116 valence electrons. The molecule has 2 amide bonds. The highest BCUT2D eigenvalue weighted by atomic mass is 79.9. The molecule has 7 heteroatoms. The average molecular weight is 361 g/mol. The van der Waals surface area contributed by atoms with Crippen LogP contribution in [0.4, 0.5) is 14.9 Å². The van der Waals surface area contributed by atoms with Crippen molar-refractivity contribution in [3.05, 3.63) is 28.5 Å². The molecule has 0 aliphatic rings. The number of amides is 2. The summed E-state index contributed by atoms with van der Waals surface area (Å²) in [7, 11) is 0. The molecule has 0 radical (unpaired) electrons. The SMILES string of the molecule is CC(NC(=O)OC(C)(C)C)C(=O)Nc1ccc(Br)c(F)c1. The summed E-state index contributed by atoms with van der Waals surface area (Å²) in [4.78, 5) is 23.4. The zero-order valence-corrected chi connectivity index (χ0v) is 13.9. The minimum Gasteiger partial charge on any atom is -0.444 e. The largest absolute Gasteiger partial charge is 0.444 e. The topological polar surface area (TPSA) is 67.4 Å². The highest BCUT2D eigenvalue weighted by Crippen LogP contribution is 2.19. The highest BCUT2D eigenvalue weighted by Gasteiger charge is 2.21. The van der Waals surface area contributed by atoms with Gasteiger partial charge in [-0.3, -0.25) is 4.79 Å². The summed E-state index contributed by atoms with van der Waals surface area (Å²) in [5.74, 6) is -0.955. The van der Waals surface area contributed by atoms with Gasteiger partial charge in [0.05, 0.1) is 4.47 Å². The molecular formula is C14H18BrFN2O3. The first kappa shape index (κ1) is 17.4. The third-order valence-electron chi connectivity index (χ3n) is 2.31. The molecule has 0 saturated carbocycles. The van der Waals surface area contributed by atoms with Gasteiger partial charge in [-0.05, 0) is 61.8 Å². The van der Waals surface area contributed by atoms with Crippen LogP contribution in [0.1, 0.15) is 27.7 Å². The lowest BCUT2D eigenvalue weighted by molar-refractivity contribution is -0.117. The fourth-order valence-corrected chi connectivity index (χ4v) is 1.62. The van der Waals surface area contributed by atoms with Gasteiger partial charge < -0.3 is 15.4 Å². The van der Waals surface area contributed by atoms with Crippen molar-refractivity contribution >= 4 is 33.6 Å². The molecule has 0 fully saturated rings. The molecule has 1 unspecified atom stereocenters.